The van der Waals surface area contributed by atoms with Crippen molar-refractivity contribution in [2.75, 3.05) is 7.05 Å². The average molecular weight is 200 g/mol. The molecule has 0 spiro atoms. The van der Waals surface area contributed by atoms with Crippen molar-refractivity contribution in [3.05, 3.63) is 23.8 Å². The summed E-state index contributed by atoms with van der Waals surface area (Å²) in [5, 5.41) is 3.76. The van der Waals surface area contributed by atoms with E-state index < -0.39 is 10.1 Å². The number of benzene rings is 1. The molecule has 0 saturated heterocycles. The maximum atomic E-state index is 10.8. The smallest absolute Gasteiger partial charge is 0.287 e. The van der Waals surface area contributed by atoms with Gasteiger partial charge in [0.05, 0.1) is 5.69 Å². The molecule has 4 nitrogen and oxygen atoms in total. The molecule has 71 valence electrons. The summed E-state index contributed by atoms with van der Waals surface area (Å²) in [4.78, 5) is -0.152. The third kappa shape index (κ3) is 2.19. The van der Waals surface area contributed by atoms with Gasteiger partial charge in [-0.05, 0) is 24.6 Å². The van der Waals surface area contributed by atoms with Crippen LogP contribution in [0, 0.1) is 6.92 Å². The van der Waals surface area contributed by atoms with Gasteiger partial charge in [-0.3, -0.25) is 9.87 Å². The molecule has 0 unspecified atom stereocenters. The minimum Gasteiger partial charge on any atom is -0.287 e. The third-order valence-electron chi connectivity index (χ3n) is 1.63. The molecule has 1 aromatic carbocycles. The molecule has 0 heterocycles. The summed E-state index contributed by atoms with van der Waals surface area (Å²) in [5.41, 5.74) is 1.18. The lowest BCUT2D eigenvalue weighted by Crippen LogP contribution is -2.02. The maximum Gasteiger partial charge on any atom is 0.296 e. The number of rotatable bonds is 2. The van der Waals surface area contributed by atoms with E-state index in [-0.39, 0.29) is 10.6 Å². The van der Waals surface area contributed by atoms with Crippen molar-refractivity contribution < 1.29 is 13.0 Å². The van der Waals surface area contributed by atoms with Gasteiger partial charge >= 0.3 is 0 Å². The highest BCUT2D eigenvalue weighted by Gasteiger charge is 2.14. The lowest BCUT2D eigenvalue weighted by molar-refractivity contribution is 0.483. The van der Waals surface area contributed by atoms with Crippen LogP contribution in [-0.4, -0.2) is 20.0 Å². The molecule has 0 aliphatic heterocycles. The molecule has 0 aliphatic carbocycles. The van der Waals surface area contributed by atoms with Crippen LogP contribution in [0.2, 0.25) is 0 Å². The Morgan fingerprint density at radius 3 is 2.46 bits per heavy atom. The summed E-state index contributed by atoms with van der Waals surface area (Å²) >= 11 is 0. The lowest BCUT2D eigenvalue weighted by atomic mass is 10.2. The van der Waals surface area contributed by atoms with Crippen LogP contribution in [-0.2, 0) is 10.1 Å². The molecule has 1 aromatic rings. The van der Waals surface area contributed by atoms with Gasteiger partial charge in [-0.15, -0.1) is 0 Å². The quantitative estimate of drug-likeness (QED) is 0.727. The highest BCUT2D eigenvalue weighted by Crippen LogP contribution is 2.21. The normalized spacial score (nSPS) is 11.3. The molecule has 0 amide bonds. The Kier molecular flexibility index (Phi) is 2.58. The van der Waals surface area contributed by atoms with Gasteiger partial charge < -0.3 is 0 Å². The van der Waals surface area contributed by atoms with Gasteiger partial charge in [0.1, 0.15) is 4.90 Å². The zero-order valence-corrected chi connectivity index (χ0v) is 8.17. The molecule has 0 atom stereocenters. The standard InChI is InChI=1S/C8H10NO3S/c1-6-3-4-8(13(10,11)12)7(5-6)9-2/h3-5H,1-2H3,(H,10,11,12). The molecule has 0 saturated carbocycles. The van der Waals surface area contributed by atoms with E-state index in [2.05, 4.69) is 5.32 Å². The minimum absolute atomic E-state index is 0.152. The Morgan fingerprint density at radius 1 is 1.38 bits per heavy atom. The molecular formula is C8H10NO3S. The summed E-state index contributed by atoms with van der Waals surface area (Å²) < 4.78 is 30.4. The molecule has 1 rings (SSSR count). The zero-order valence-electron chi connectivity index (χ0n) is 7.35. The summed E-state index contributed by atoms with van der Waals surface area (Å²) in [6, 6.07) is 4.55. The van der Waals surface area contributed by atoms with Gasteiger partial charge in [0.2, 0.25) is 0 Å². The molecule has 0 aromatic heterocycles. The molecule has 0 fully saturated rings. The van der Waals surface area contributed by atoms with E-state index in [1.807, 2.05) is 6.92 Å². The van der Waals surface area contributed by atoms with E-state index in [0.717, 1.165) is 5.56 Å². The largest absolute Gasteiger partial charge is 0.296 e. The third-order valence-corrected chi connectivity index (χ3v) is 2.53. The van der Waals surface area contributed by atoms with Crippen molar-refractivity contribution >= 4 is 15.8 Å². The van der Waals surface area contributed by atoms with E-state index in [1.165, 1.54) is 13.1 Å². The van der Waals surface area contributed by atoms with Crippen molar-refractivity contribution in [1.82, 2.24) is 5.32 Å². The van der Waals surface area contributed by atoms with Gasteiger partial charge in [0, 0.05) is 7.05 Å². The minimum atomic E-state index is -4.16. The molecular weight excluding hydrogens is 190 g/mol. The van der Waals surface area contributed by atoms with Crippen LogP contribution >= 0.6 is 0 Å². The van der Waals surface area contributed by atoms with E-state index in [0.29, 0.717) is 0 Å². The highest BCUT2D eigenvalue weighted by atomic mass is 32.2. The molecule has 13 heavy (non-hydrogen) atoms. The van der Waals surface area contributed by atoms with E-state index in [4.69, 9.17) is 4.55 Å². The van der Waals surface area contributed by atoms with Crippen LogP contribution in [0.25, 0.3) is 0 Å². The van der Waals surface area contributed by atoms with Crippen LogP contribution in [0.4, 0.5) is 5.69 Å². The zero-order chi connectivity index (χ0) is 10.1. The molecule has 0 aliphatic rings. The second-order valence-electron chi connectivity index (χ2n) is 2.67. The fraction of sp³-hybridized carbons (Fsp3) is 0.250. The van der Waals surface area contributed by atoms with Crippen LogP contribution in [0.3, 0.4) is 0 Å². The van der Waals surface area contributed by atoms with Crippen LogP contribution in [0.1, 0.15) is 5.56 Å². The first-order chi connectivity index (χ1) is 5.95. The first-order valence-corrected chi connectivity index (χ1v) is 5.07. The Balaban J connectivity index is 3.39. The Bertz CT molecular complexity index is 411. The number of hydrogen-bond donors (Lipinski definition) is 1. The average Bonchev–Trinajstić information content (AvgIpc) is 2.01. The molecule has 1 N–H and O–H groups in total. The Hall–Kier alpha value is -1.07. The number of hydrogen-bond acceptors (Lipinski definition) is 2. The predicted molar refractivity (Wildman–Crippen MR) is 48.7 cm³/mol. The summed E-state index contributed by atoms with van der Waals surface area (Å²) in [5.74, 6) is 0. The van der Waals surface area contributed by atoms with Gasteiger partial charge in [-0.25, -0.2) is 0 Å². The van der Waals surface area contributed by atoms with Crippen LogP contribution in [0.5, 0.6) is 0 Å². The van der Waals surface area contributed by atoms with Crippen molar-refractivity contribution in [3.63, 3.8) is 0 Å². The fourth-order valence-electron chi connectivity index (χ4n) is 1.02. The summed E-state index contributed by atoms with van der Waals surface area (Å²) in [7, 11) is -2.68. The van der Waals surface area contributed by atoms with Crippen molar-refractivity contribution in [2.24, 2.45) is 0 Å². The predicted octanol–water partition coefficient (Wildman–Crippen LogP) is 1.11. The van der Waals surface area contributed by atoms with Crippen LogP contribution in [0.15, 0.2) is 23.1 Å². The molecule has 0 bridgehead atoms. The van der Waals surface area contributed by atoms with Gasteiger partial charge in [-0.2, -0.15) is 8.42 Å². The van der Waals surface area contributed by atoms with Crippen molar-refractivity contribution in [3.8, 4) is 0 Å². The first-order valence-electron chi connectivity index (χ1n) is 3.63. The van der Waals surface area contributed by atoms with Crippen molar-refractivity contribution in [1.29, 1.82) is 0 Å². The monoisotopic (exact) mass is 200 g/mol. The van der Waals surface area contributed by atoms with Gasteiger partial charge in [0.25, 0.3) is 10.1 Å². The number of nitrogens with zero attached hydrogens (tertiary/aromatic N) is 1. The molecule has 1 radical (unpaired) electrons. The topological polar surface area (TPSA) is 68.5 Å². The fourth-order valence-corrected chi connectivity index (χ4v) is 1.67. The maximum absolute atomic E-state index is 10.8. The van der Waals surface area contributed by atoms with E-state index in [1.54, 1.807) is 12.1 Å². The second kappa shape index (κ2) is 3.35. The Morgan fingerprint density at radius 2 is 2.00 bits per heavy atom. The van der Waals surface area contributed by atoms with E-state index >= 15 is 0 Å². The van der Waals surface area contributed by atoms with Crippen molar-refractivity contribution in [2.45, 2.75) is 11.8 Å². The second-order valence-corrected chi connectivity index (χ2v) is 4.06. The van der Waals surface area contributed by atoms with Gasteiger partial charge in [0.15, 0.2) is 0 Å². The summed E-state index contributed by atoms with van der Waals surface area (Å²) in [6.45, 7) is 1.82. The Labute approximate surface area is 77.3 Å². The van der Waals surface area contributed by atoms with Crippen LogP contribution < -0.4 is 5.32 Å². The van der Waals surface area contributed by atoms with E-state index in [9.17, 15) is 8.42 Å². The first kappa shape index (κ1) is 10.0. The molecule has 5 heteroatoms. The highest BCUT2D eigenvalue weighted by molar-refractivity contribution is 7.86. The lowest BCUT2D eigenvalue weighted by Gasteiger charge is -2.04. The van der Waals surface area contributed by atoms with Gasteiger partial charge in [-0.1, -0.05) is 6.07 Å². The summed E-state index contributed by atoms with van der Waals surface area (Å²) in [6.07, 6.45) is 0. The SMILES string of the molecule is C[N]c1cc(C)ccc1S(=O)(=O)O. The number of aryl methyl sites for hydroxylation is 1.